The molecule has 0 atom stereocenters. The number of aromatic nitrogens is 4. The normalized spacial score (nSPS) is 14.7. The van der Waals surface area contributed by atoms with Crippen molar-refractivity contribution in [1.82, 2.24) is 24.6 Å². The summed E-state index contributed by atoms with van der Waals surface area (Å²) in [5.41, 5.74) is 4.46. The third kappa shape index (κ3) is 4.24. The van der Waals surface area contributed by atoms with E-state index in [2.05, 4.69) is 21.0 Å². The summed E-state index contributed by atoms with van der Waals surface area (Å²) in [4.78, 5) is 24.0. The summed E-state index contributed by atoms with van der Waals surface area (Å²) in [5, 5.41) is 4.61. The number of aryl methyl sites for hydroxylation is 3. The Labute approximate surface area is 167 Å². The van der Waals surface area contributed by atoms with E-state index in [1.54, 1.807) is 4.68 Å². The van der Waals surface area contributed by atoms with Crippen LogP contribution in [0.3, 0.4) is 0 Å². The second-order valence-corrected chi connectivity index (χ2v) is 7.71. The molecule has 0 radical (unpaired) electrons. The quantitative estimate of drug-likeness (QED) is 0.748. The fraction of sp³-hybridized carbons (Fsp3) is 0.545. The van der Waals surface area contributed by atoms with Crippen LogP contribution in [0.25, 0.3) is 5.95 Å². The highest BCUT2D eigenvalue weighted by molar-refractivity contribution is 5.80. The lowest BCUT2D eigenvalue weighted by Gasteiger charge is -2.33. The van der Waals surface area contributed by atoms with Crippen molar-refractivity contribution >= 4 is 5.91 Å². The van der Waals surface area contributed by atoms with Crippen LogP contribution in [-0.4, -0.2) is 43.1 Å². The number of hydrogen-bond donors (Lipinski definition) is 0. The fourth-order valence-corrected chi connectivity index (χ4v) is 4.09. The number of hydrogen-bond acceptors (Lipinski definition) is 4. The fourth-order valence-electron chi connectivity index (χ4n) is 4.09. The van der Waals surface area contributed by atoms with Crippen molar-refractivity contribution in [3.63, 3.8) is 0 Å². The number of terminal acetylenes is 1. The zero-order chi connectivity index (χ0) is 20.3. The molecule has 0 spiro atoms. The Morgan fingerprint density at radius 3 is 2.43 bits per heavy atom. The maximum atomic E-state index is 13.1. The summed E-state index contributed by atoms with van der Waals surface area (Å²) in [7, 11) is 0. The van der Waals surface area contributed by atoms with Crippen molar-refractivity contribution in [3.8, 4) is 18.3 Å². The first-order valence-electron chi connectivity index (χ1n) is 10.0. The van der Waals surface area contributed by atoms with Crippen LogP contribution < -0.4 is 0 Å². The predicted octanol–water partition coefficient (Wildman–Crippen LogP) is 3.23. The van der Waals surface area contributed by atoms with E-state index in [1.165, 1.54) is 19.3 Å². The second-order valence-electron chi connectivity index (χ2n) is 7.71. The maximum absolute atomic E-state index is 13.1. The van der Waals surface area contributed by atoms with Gasteiger partial charge in [-0.2, -0.15) is 5.10 Å². The van der Waals surface area contributed by atoms with Crippen molar-refractivity contribution in [2.75, 3.05) is 6.54 Å². The van der Waals surface area contributed by atoms with Crippen LogP contribution in [0, 0.1) is 40.0 Å². The van der Waals surface area contributed by atoms with Gasteiger partial charge in [-0.05, 0) is 46.6 Å². The molecule has 0 unspecified atom stereocenters. The summed E-state index contributed by atoms with van der Waals surface area (Å²) in [6.45, 7) is 8.15. The van der Waals surface area contributed by atoms with Gasteiger partial charge >= 0.3 is 0 Å². The van der Waals surface area contributed by atoms with Gasteiger partial charge in [-0.25, -0.2) is 14.6 Å². The molecule has 1 aliphatic rings. The van der Waals surface area contributed by atoms with E-state index in [1.807, 2.05) is 38.7 Å². The Hall–Kier alpha value is -2.68. The molecule has 28 heavy (non-hydrogen) atoms. The Kier molecular flexibility index (Phi) is 6.13. The standard InChI is InChI=1S/C22H29N5O/c1-6-12-26(19-10-8-7-9-11-19)21(28)14-20-17(4)25-27(18(20)5)22-23-15(2)13-16(3)24-22/h1,13,19H,7-12,14H2,2-5H3. The van der Waals surface area contributed by atoms with Crippen LogP contribution in [0.2, 0.25) is 0 Å². The third-order valence-electron chi connectivity index (χ3n) is 5.53. The van der Waals surface area contributed by atoms with Crippen LogP contribution in [0.4, 0.5) is 0 Å². The molecule has 0 saturated heterocycles. The number of rotatable bonds is 5. The zero-order valence-electron chi connectivity index (χ0n) is 17.3. The largest absolute Gasteiger partial charge is 0.328 e. The van der Waals surface area contributed by atoms with Crippen LogP contribution in [0.15, 0.2) is 6.07 Å². The molecule has 1 saturated carbocycles. The van der Waals surface area contributed by atoms with Crippen molar-refractivity contribution in [2.45, 2.75) is 72.3 Å². The highest BCUT2D eigenvalue weighted by Crippen LogP contribution is 2.24. The van der Waals surface area contributed by atoms with Gasteiger partial charge in [-0.15, -0.1) is 6.42 Å². The minimum Gasteiger partial charge on any atom is -0.328 e. The maximum Gasteiger partial charge on any atom is 0.251 e. The molecule has 2 aromatic rings. The minimum absolute atomic E-state index is 0.0805. The molecule has 3 rings (SSSR count). The van der Waals surface area contributed by atoms with E-state index in [-0.39, 0.29) is 11.9 Å². The number of amides is 1. The summed E-state index contributed by atoms with van der Waals surface area (Å²) in [6.07, 6.45) is 11.5. The Balaban J connectivity index is 1.86. The molecule has 6 heteroatoms. The van der Waals surface area contributed by atoms with Crippen LogP contribution in [-0.2, 0) is 11.2 Å². The predicted molar refractivity (Wildman–Crippen MR) is 109 cm³/mol. The van der Waals surface area contributed by atoms with Gasteiger partial charge in [0.05, 0.1) is 18.7 Å². The molecule has 1 aliphatic carbocycles. The first-order valence-corrected chi connectivity index (χ1v) is 10.0. The lowest BCUT2D eigenvalue weighted by molar-refractivity contribution is -0.132. The Bertz CT molecular complexity index is 882. The number of nitrogens with zero attached hydrogens (tertiary/aromatic N) is 5. The number of carbonyl (C=O) groups excluding carboxylic acids is 1. The molecule has 2 heterocycles. The molecule has 0 N–H and O–H groups in total. The molecule has 0 aromatic carbocycles. The molecule has 2 aromatic heterocycles. The van der Waals surface area contributed by atoms with Gasteiger partial charge in [0.2, 0.25) is 5.91 Å². The van der Waals surface area contributed by atoms with E-state index >= 15 is 0 Å². The van der Waals surface area contributed by atoms with E-state index < -0.39 is 0 Å². The average molecular weight is 380 g/mol. The molecule has 148 valence electrons. The van der Waals surface area contributed by atoms with Gasteiger partial charge < -0.3 is 4.90 Å². The van der Waals surface area contributed by atoms with Crippen molar-refractivity contribution in [2.24, 2.45) is 0 Å². The average Bonchev–Trinajstić information content (AvgIpc) is 2.94. The second kappa shape index (κ2) is 8.55. The monoisotopic (exact) mass is 379 g/mol. The Morgan fingerprint density at radius 2 is 1.82 bits per heavy atom. The van der Waals surface area contributed by atoms with Gasteiger partial charge in [-0.1, -0.05) is 25.2 Å². The highest BCUT2D eigenvalue weighted by atomic mass is 16.2. The van der Waals surface area contributed by atoms with E-state index in [9.17, 15) is 4.79 Å². The molecule has 0 bridgehead atoms. The van der Waals surface area contributed by atoms with Crippen molar-refractivity contribution in [3.05, 3.63) is 34.4 Å². The SMILES string of the molecule is C#CCN(C(=O)Cc1c(C)nn(-c2nc(C)cc(C)n2)c1C)C1CCCCC1. The van der Waals surface area contributed by atoms with Crippen LogP contribution >= 0.6 is 0 Å². The topological polar surface area (TPSA) is 63.9 Å². The third-order valence-corrected chi connectivity index (χ3v) is 5.53. The van der Waals surface area contributed by atoms with Crippen LogP contribution in [0.1, 0.15) is 60.4 Å². The summed E-state index contributed by atoms with van der Waals surface area (Å²) in [6, 6.07) is 2.19. The zero-order valence-corrected chi connectivity index (χ0v) is 17.3. The first-order chi connectivity index (χ1) is 13.4. The minimum atomic E-state index is 0.0805. The summed E-state index contributed by atoms with van der Waals surface area (Å²) >= 11 is 0. The molecular formula is C22H29N5O. The smallest absolute Gasteiger partial charge is 0.251 e. The van der Waals surface area contributed by atoms with Gasteiger partial charge in [0.1, 0.15) is 0 Å². The lowest BCUT2D eigenvalue weighted by Crippen LogP contribution is -2.42. The van der Waals surface area contributed by atoms with Gasteiger partial charge in [0, 0.05) is 28.7 Å². The molecule has 6 nitrogen and oxygen atoms in total. The van der Waals surface area contributed by atoms with Gasteiger partial charge in [0.15, 0.2) is 0 Å². The highest BCUT2D eigenvalue weighted by Gasteiger charge is 2.26. The molecular weight excluding hydrogens is 350 g/mol. The first kappa shape index (κ1) is 20.1. The van der Waals surface area contributed by atoms with Crippen LogP contribution in [0.5, 0.6) is 0 Å². The summed E-state index contributed by atoms with van der Waals surface area (Å²) < 4.78 is 1.74. The summed E-state index contributed by atoms with van der Waals surface area (Å²) in [5.74, 6) is 3.30. The van der Waals surface area contributed by atoms with Crippen molar-refractivity contribution in [1.29, 1.82) is 0 Å². The molecule has 0 aliphatic heterocycles. The number of carbonyl (C=O) groups is 1. The Morgan fingerprint density at radius 1 is 1.18 bits per heavy atom. The van der Waals surface area contributed by atoms with E-state index in [0.717, 1.165) is 41.2 Å². The van der Waals surface area contributed by atoms with Gasteiger partial charge in [0.25, 0.3) is 5.95 Å². The van der Waals surface area contributed by atoms with E-state index in [0.29, 0.717) is 18.9 Å². The van der Waals surface area contributed by atoms with Gasteiger partial charge in [-0.3, -0.25) is 4.79 Å². The van der Waals surface area contributed by atoms with Crippen molar-refractivity contribution < 1.29 is 4.79 Å². The van der Waals surface area contributed by atoms with E-state index in [4.69, 9.17) is 6.42 Å². The molecule has 1 amide bonds. The lowest BCUT2D eigenvalue weighted by atomic mass is 9.93. The molecule has 1 fully saturated rings.